The predicted octanol–water partition coefficient (Wildman–Crippen LogP) is 2.64. The molecule has 0 aliphatic heterocycles. The summed E-state index contributed by atoms with van der Waals surface area (Å²) in [4.78, 5) is 16.5. The molecule has 8 heteroatoms. The van der Waals surface area contributed by atoms with Crippen LogP contribution in [0.3, 0.4) is 0 Å². The Labute approximate surface area is 144 Å². The summed E-state index contributed by atoms with van der Waals surface area (Å²) < 4.78 is 25.6. The summed E-state index contributed by atoms with van der Waals surface area (Å²) >= 11 is 0. The zero-order valence-electron chi connectivity index (χ0n) is 14.4. The van der Waals surface area contributed by atoms with Crippen molar-refractivity contribution in [2.45, 2.75) is 6.61 Å². The minimum Gasteiger partial charge on any atom is -0.493 e. The van der Waals surface area contributed by atoms with Gasteiger partial charge in [-0.05, 0) is 24.3 Å². The Bertz CT molecular complexity index is 726. The fourth-order valence-corrected chi connectivity index (χ4v) is 2.04. The minimum atomic E-state index is -0.549. The van der Waals surface area contributed by atoms with Crippen molar-refractivity contribution in [3.05, 3.63) is 41.3 Å². The number of methoxy groups -OCH3 is 4. The van der Waals surface area contributed by atoms with Crippen LogP contribution in [0.5, 0.6) is 17.2 Å². The summed E-state index contributed by atoms with van der Waals surface area (Å²) in [6.45, 7) is 0.0674. The first kappa shape index (κ1) is 18.2. The molecule has 2 rings (SSSR count). The smallest absolute Gasteiger partial charge is 0.373 e. The van der Waals surface area contributed by atoms with Crippen molar-refractivity contribution in [2.75, 3.05) is 28.4 Å². The average molecular weight is 349 g/mol. The van der Waals surface area contributed by atoms with E-state index in [4.69, 9.17) is 23.5 Å². The number of rotatable bonds is 8. The van der Waals surface area contributed by atoms with Gasteiger partial charge in [-0.25, -0.2) is 4.79 Å². The summed E-state index contributed by atoms with van der Waals surface area (Å²) in [6, 6.07) is 6.58. The fraction of sp³-hybridized carbons (Fsp3) is 0.294. The van der Waals surface area contributed by atoms with E-state index in [1.54, 1.807) is 18.2 Å². The van der Waals surface area contributed by atoms with Crippen LogP contribution in [0.15, 0.2) is 33.8 Å². The molecule has 0 radical (unpaired) electrons. The van der Waals surface area contributed by atoms with Crippen LogP contribution in [0.25, 0.3) is 0 Å². The van der Waals surface area contributed by atoms with Crippen molar-refractivity contribution in [1.82, 2.24) is 0 Å². The molecule has 0 fully saturated rings. The number of oxime groups is 1. The first-order valence-electron chi connectivity index (χ1n) is 7.25. The van der Waals surface area contributed by atoms with Gasteiger partial charge in [-0.1, -0.05) is 5.16 Å². The monoisotopic (exact) mass is 349 g/mol. The molecule has 0 bridgehead atoms. The van der Waals surface area contributed by atoms with Gasteiger partial charge in [0.1, 0.15) is 5.76 Å². The van der Waals surface area contributed by atoms with Gasteiger partial charge in [-0.3, -0.25) is 0 Å². The Morgan fingerprint density at radius 3 is 2.32 bits per heavy atom. The molecule has 0 atom stereocenters. The molecule has 2 aromatic rings. The third-order valence-electron chi connectivity index (χ3n) is 3.22. The van der Waals surface area contributed by atoms with Gasteiger partial charge in [-0.15, -0.1) is 0 Å². The van der Waals surface area contributed by atoms with Gasteiger partial charge in [0.2, 0.25) is 11.5 Å². The van der Waals surface area contributed by atoms with Crippen LogP contribution < -0.4 is 14.2 Å². The molecule has 0 unspecified atom stereocenters. The van der Waals surface area contributed by atoms with E-state index in [9.17, 15) is 4.79 Å². The molecule has 0 saturated heterocycles. The molecular formula is C17H19NO7. The maximum Gasteiger partial charge on any atom is 0.373 e. The summed E-state index contributed by atoms with van der Waals surface area (Å²) in [7, 11) is 5.88. The van der Waals surface area contributed by atoms with Crippen LogP contribution in [0, 0.1) is 0 Å². The highest BCUT2D eigenvalue weighted by Crippen LogP contribution is 2.37. The standard InChI is InChI=1S/C17H19NO7/c1-20-14-7-11(8-15(21-2)16(14)22-3)9-18-24-10-12-5-6-13(25-12)17(19)23-4/h5-9H,10H2,1-4H3/b18-9-. The number of ether oxygens (including phenoxy) is 4. The van der Waals surface area contributed by atoms with Crippen molar-refractivity contribution < 1.29 is 33.0 Å². The van der Waals surface area contributed by atoms with Crippen LogP contribution in [-0.2, 0) is 16.2 Å². The molecule has 8 nitrogen and oxygen atoms in total. The lowest BCUT2D eigenvalue weighted by Crippen LogP contribution is -1.98. The van der Waals surface area contributed by atoms with Gasteiger partial charge in [0.15, 0.2) is 18.1 Å². The van der Waals surface area contributed by atoms with Crippen molar-refractivity contribution >= 4 is 12.2 Å². The summed E-state index contributed by atoms with van der Waals surface area (Å²) in [5.74, 6) is 1.52. The Morgan fingerprint density at radius 1 is 1.08 bits per heavy atom. The first-order chi connectivity index (χ1) is 12.1. The van der Waals surface area contributed by atoms with Gasteiger partial charge in [-0.2, -0.15) is 0 Å². The van der Waals surface area contributed by atoms with Crippen molar-refractivity contribution in [3.8, 4) is 17.2 Å². The number of furan rings is 1. The number of nitrogens with zero attached hydrogens (tertiary/aromatic N) is 1. The molecule has 0 aliphatic rings. The van der Waals surface area contributed by atoms with Crippen LogP contribution in [0.4, 0.5) is 0 Å². The number of carbonyl (C=O) groups is 1. The average Bonchev–Trinajstić information content (AvgIpc) is 3.12. The number of benzene rings is 1. The van der Waals surface area contributed by atoms with Gasteiger partial charge in [0, 0.05) is 5.56 Å². The number of hydrogen-bond donors (Lipinski definition) is 0. The molecule has 1 heterocycles. The van der Waals surface area contributed by atoms with E-state index in [1.807, 2.05) is 0 Å². The first-order valence-corrected chi connectivity index (χ1v) is 7.25. The normalized spacial score (nSPS) is 10.6. The molecule has 0 N–H and O–H groups in total. The van der Waals surface area contributed by atoms with E-state index in [0.717, 1.165) is 0 Å². The maximum absolute atomic E-state index is 11.3. The van der Waals surface area contributed by atoms with Crippen molar-refractivity contribution in [3.63, 3.8) is 0 Å². The van der Waals surface area contributed by atoms with Crippen molar-refractivity contribution in [1.29, 1.82) is 0 Å². The molecule has 1 aromatic carbocycles. The molecular weight excluding hydrogens is 330 g/mol. The fourth-order valence-electron chi connectivity index (χ4n) is 2.04. The third kappa shape index (κ3) is 4.43. The molecule has 134 valence electrons. The zero-order chi connectivity index (χ0) is 18.2. The van der Waals surface area contributed by atoms with Crippen molar-refractivity contribution in [2.24, 2.45) is 5.16 Å². The maximum atomic E-state index is 11.3. The van der Waals surface area contributed by atoms with E-state index >= 15 is 0 Å². The van der Waals surface area contributed by atoms with Gasteiger partial charge >= 0.3 is 5.97 Å². The second kappa shape index (κ2) is 8.62. The second-order valence-electron chi connectivity index (χ2n) is 4.72. The Hall–Kier alpha value is -3.16. The van der Waals surface area contributed by atoms with E-state index in [2.05, 4.69) is 9.89 Å². The zero-order valence-corrected chi connectivity index (χ0v) is 14.4. The number of hydrogen-bond acceptors (Lipinski definition) is 8. The van der Waals surface area contributed by atoms with Gasteiger partial charge < -0.3 is 28.2 Å². The quantitative estimate of drug-likeness (QED) is 0.411. The molecule has 25 heavy (non-hydrogen) atoms. The van der Waals surface area contributed by atoms with E-state index in [-0.39, 0.29) is 12.4 Å². The summed E-state index contributed by atoms with van der Waals surface area (Å²) in [5, 5.41) is 3.86. The lowest BCUT2D eigenvalue weighted by atomic mass is 10.2. The Morgan fingerprint density at radius 2 is 1.76 bits per heavy atom. The highest BCUT2D eigenvalue weighted by molar-refractivity contribution is 5.86. The topological polar surface area (TPSA) is 88.7 Å². The van der Waals surface area contributed by atoms with Gasteiger partial charge in [0.05, 0.1) is 34.7 Å². The molecule has 0 spiro atoms. The molecule has 0 aliphatic carbocycles. The number of carbonyl (C=O) groups excluding carboxylic acids is 1. The lowest BCUT2D eigenvalue weighted by molar-refractivity contribution is 0.0553. The highest BCUT2D eigenvalue weighted by atomic mass is 16.6. The Balaban J connectivity index is 2.02. The van der Waals surface area contributed by atoms with Crippen LogP contribution in [0.1, 0.15) is 21.9 Å². The van der Waals surface area contributed by atoms with Crippen LogP contribution in [-0.4, -0.2) is 40.6 Å². The summed E-state index contributed by atoms with van der Waals surface area (Å²) in [6.07, 6.45) is 1.49. The predicted molar refractivity (Wildman–Crippen MR) is 88.5 cm³/mol. The second-order valence-corrected chi connectivity index (χ2v) is 4.72. The largest absolute Gasteiger partial charge is 0.493 e. The molecule has 0 saturated carbocycles. The SMILES string of the molecule is COC(=O)c1ccc(CO/N=C\c2cc(OC)c(OC)c(OC)c2)o1. The Kier molecular flexibility index (Phi) is 6.27. The minimum absolute atomic E-state index is 0.0674. The summed E-state index contributed by atoms with van der Waals surface area (Å²) in [5.41, 5.74) is 0.698. The molecule has 0 amide bonds. The van der Waals surface area contributed by atoms with Gasteiger partial charge in [0.25, 0.3) is 0 Å². The van der Waals surface area contributed by atoms with Crippen LogP contribution in [0.2, 0.25) is 0 Å². The third-order valence-corrected chi connectivity index (χ3v) is 3.22. The number of esters is 1. The van der Waals surface area contributed by atoms with E-state index in [1.165, 1.54) is 40.7 Å². The van der Waals surface area contributed by atoms with E-state index < -0.39 is 5.97 Å². The van der Waals surface area contributed by atoms with Crippen LogP contribution >= 0.6 is 0 Å². The highest BCUT2D eigenvalue weighted by Gasteiger charge is 2.13. The lowest BCUT2D eigenvalue weighted by Gasteiger charge is -2.12. The van der Waals surface area contributed by atoms with E-state index in [0.29, 0.717) is 28.6 Å². The molecule has 1 aromatic heterocycles.